The number of amides is 2. The quantitative estimate of drug-likeness (QED) is 0.217. The van der Waals surface area contributed by atoms with Crippen molar-refractivity contribution in [3.05, 3.63) is 102 Å². The number of anilines is 3. The van der Waals surface area contributed by atoms with Gasteiger partial charge in [-0.05, 0) is 66.9 Å². The van der Waals surface area contributed by atoms with Gasteiger partial charge in [-0.1, -0.05) is 48.0 Å². The van der Waals surface area contributed by atoms with Crippen molar-refractivity contribution in [3.63, 3.8) is 0 Å². The average Bonchev–Trinajstić information content (AvgIpc) is 3.39. The number of para-hydroxylation sites is 1. The van der Waals surface area contributed by atoms with Gasteiger partial charge in [0.2, 0.25) is 0 Å². The summed E-state index contributed by atoms with van der Waals surface area (Å²) in [7, 11) is 0. The normalized spacial score (nSPS) is 14.6. The fraction of sp³-hybridized carbons (Fsp3) is 0.188. The van der Waals surface area contributed by atoms with Crippen molar-refractivity contribution in [3.8, 4) is 28.5 Å². The Balaban J connectivity index is 1.01. The minimum Gasteiger partial charge on any atom is -0.338 e. The first-order valence-electron chi connectivity index (χ1n) is 14.0. The molecule has 5 aromatic rings. The first-order chi connectivity index (χ1) is 20.6. The van der Waals surface area contributed by atoms with Gasteiger partial charge in [-0.25, -0.2) is 9.78 Å². The molecule has 2 aliphatic heterocycles. The summed E-state index contributed by atoms with van der Waals surface area (Å²) in [5, 5.41) is 19.3. The van der Waals surface area contributed by atoms with Crippen molar-refractivity contribution in [2.24, 2.45) is 0 Å². The van der Waals surface area contributed by atoms with Gasteiger partial charge in [0.15, 0.2) is 17.5 Å². The van der Waals surface area contributed by atoms with Crippen LogP contribution < -0.4 is 16.0 Å². The molecule has 0 atom stereocenters. The molecule has 7 rings (SSSR count). The second-order valence-electron chi connectivity index (χ2n) is 10.6. The van der Waals surface area contributed by atoms with E-state index < -0.39 is 0 Å². The molecule has 2 amide bonds. The zero-order valence-corrected chi connectivity index (χ0v) is 23.6. The zero-order valence-electron chi connectivity index (χ0n) is 22.8. The van der Waals surface area contributed by atoms with Crippen molar-refractivity contribution in [1.82, 2.24) is 30.0 Å². The first kappa shape index (κ1) is 26.2. The Morgan fingerprint density at radius 1 is 0.905 bits per heavy atom. The monoisotopic (exact) mass is 576 g/mol. The van der Waals surface area contributed by atoms with Crippen molar-refractivity contribution >= 4 is 34.8 Å². The Morgan fingerprint density at radius 2 is 1.67 bits per heavy atom. The van der Waals surface area contributed by atoms with Gasteiger partial charge in [-0.2, -0.15) is 0 Å². The fourth-order valence-electron chi connectivity index (χ4n) is 5.60. The molecule has 2 aliphatic rings. The van der Waals surface area contributed by atoms with Gasteiger partial charge in [0.25, 0.3) is 0 Å². The van der Waals surface area contributed by atoms with Crippen molar-refractivity contribution < 1.29 is 4.79 Å². The molecule has 9 nitrogen and oxygen atoms in total. The van der Waals surface area contributed by atoms with Crippen molar-refractivity contribution in [1.29, 1.82) is 0 Å². The summed E-state index contributed by atoms with van der Waals surface area (Å²) in [6, 6.07) is 27.7. The summed E-state index contributed by atoms with van der Waals surface area (Å²) < 4.78 is 2.08. The van der Waals surface area contributed by atoms with Crippen LogP contribution in [0.15, 0.2) is 91.1 Å². The largest absolute Gasteiger partial charge is 0.338 e. The van der Waals surface area contributed by atoms with Gasteiger partial charge in [0.05, 0.1) is 11.4 Å². The van der Waals surface area contributed by atoms with Crippen LogP contribution in [0.4, 0.5) is 22.0 Å². The van der Waals surface area contributed by atoms with Gasteiger partial charge < -0.3 is 16.0 Å². The number of aromatic nitrogens is 4. The Labute approximate surface area is 248 Å². The lowest BCUT2D eigenvalue weighted by Crippen LogP contribution is -2.45. The highest BCUT2D eigenvalue weighted by atomic mass is 35.5. The molecule has 3 aromatic carbocycles. The van der Waals surface area contributed by atoms with E-state index in [2.05, 4.69) is 64.9 Å². The standard InChI is InChI=1S/C32H29ClN8O/c33-23-11-13-24(14-12-23)35-32(42)36-25-15-18-40(19-16-25)20-21-7-9-22(10-8-21)30-38-39-31-26-4-1-2-5-27(26)37-29-28(41(30)31)6-3-17-34-29/h1-14,17,25H,15-16,18-20H2,(H,34,37)(H2,35,36,42). The molecule has 0 unspecified atom stereocenters. The van der Waals surface area contributed by atoms with E-state index in [0.717, 1.165) is 78.1 Å². The molecule has 0 aliphatic carbocycles. The maximum Gasteiger partial charge on any atom is 0.319 e. The summed E-state index contributed by atoms with van der Waals surface area (Å²) in [5.74, 6) is 2.32. The van der Waals surface area contributed by atoms with Crippen LogP contribution in [0.25, 0.3) is 28.5 Å². The number of hydrogen-bond donors (Lipinski definition) is 3. The maximum absolute atomic E-state index is 12.4. The van der Waals surface area contributed by atoms with E-state index in [1.165, 1.54) is 5.56 Å². The number of benzene rings is 3. The molecule has 3 N–H and O–H groups in total. The lowest BCUT2D eigenvalue weighted by atomic mass is 10.0. The Hall–Kier alpha value is -4.73. The van der Waals surface area contributed by atoms with E-state index in [4.69, 9.17) is 11.6 Å². The molecule has 42 heavy (non-hydrogen) atoms. The zero-order chi connectivity index (χ0) is 28.5. The van der Waals surface area contributed by atoms with E-state index in [0.29, 0.717) is 5.02 Å². The highest BCUT2D eigenvalue weighted by Gasteiger charge is 2.25. The van der Waals surface area contributed by atoms with E-state index >= 15 is 0 Å². The third-order valence-corrected chi connectivity index (χ3v) is 8.01. The second-order valence-corrected chi connectivity index (χ2v) is 11.0. The number of hydrogen-bond acceptors (Lipinski definition) is 6. The van der Waals surface area contributed by atoms with Gasteiger partial charge >= 0.3 is 6.03 Å². The summed E-state index contributed by atoms with van der Waals surface area (Å²) in [6.07, 6.45) is 3.59. The number of rotatable bonds is 5. The van der Waals surface area contributed by atoms with Gasteiger partial charge in [-0.3, -0.25) is 9.47 Å². The number of piperidine rings is 1. The van der Waals surface area contributed by atoms with Crippen LogP contribution in [-0.4, -0.2) is 49.8 Å². The molecule has 0 radical (unpaired) electrons. The smallest absolute Gasteiger partial charge is 0.319 e. The number of nitrogens with zero attached hydrogens (tertiary/aromatic N) is 5. The van der Waals surface area contributed by atoms with E-state index in [1.54, 1.807) is 30.5 Å². The molecule has 210 valence electrons. The van der Waals surface area contributed by atoms with Crippen LogP contribution in [0.3, 0.4) is 0 Å². The third-order valence-electron chi connectivity index (χ3n) is 7.75. The number of likely N-dealkylation sites (tertiary alicyclic amines) is 1. The molecule has 10 heteroatoms. The van der Waals surface area contributed by atoms with E-state index in [-0.39, 0.29) is 12.1 Å². The molecule has 4 heterocycles. The third kappa shape index (κ3) is 5.32. The second kappa shape index (κ2) is 11.3. The van der Waals surface area contributed by atoms with E-state index in [1.807, 2.05) is 36.4 Å². The molecule has 0 bridgehead atoms. The number of halogens is 1. The number of pyridine rings is 1. The van der Waals surface area contributed by atoms with Crippen LogP contribution in [0, 0.1) is 0 Å². The molecular weight excluding hydrogens is 548 g/mol. The number of nitrogens with one attached hydrogen (secondary N) is 3. The maximum atomic E-state index is 12.4. The van der Waals surface area contributed by atoms with Crippen molar-refractivity contribution in [2.45, 2.75) is 25.4 Å². The minimum absolute atomic E-state index is 0.149. The first-order valence-corrected chi connectivity index (χ1v) is 14.4. The lowest BCUT2D eigenvalue weighted by Gasteiger charge is -2.32. The fourth-order valence-corrected chi connectivity index (χ4v) is 5.73. The highest BCUT2D eigenvalue weighted by molar-refractivity contribution is 6.30. The number of fused-ring (bicyclic) bond motifs is 5. The number of carbonyl (C=O) groups is 1. The molecule has 1 fully saturated rings. The van der Waals surface area contributed by atoms with Gasteiger partial charge in [-0.15, -0.1) is 10.2 Å². The summed E-state index contributed by atoms with van der Waals surface area (Å²) in [6.45, 7) is 2.69. The van der Waals surface area contributed by atoms with Crippen LogP contribution in [0.2, 0.25) is 5.02 Å². The minimum atomic E-state index is -0.185. The molecule has 0 spiro atoms. The summed E-state index contributed by atoms with van der Waals surface area (Å²) >= 11 is 5.93. The SMILES string of the molecule is O=C(Nc1ccc(Cl)cc1)NC1CCN(Cc2ccc(-c3nnc4n3-c3cccnc3Nc3ccccc3-4)cc2)CC1. The summed E-state index contributed by atoms with van der Waals surface area (Å²) in [4.78, 5) is 19.4. The molecule has 0 saturated carbocycles. The Bertz CT molecular complexity index is 1730. The number of urea groups is 1. The van der Waals surface area contributed by atoms with Crippen LogP contribution >= 0.6 is 11.6 Å². The average molecular weight is 577 g/mol. The van der Waals surface area contributed by atoms with Gasteiger partial charge in [0, 0.05) is 53.7 Å². The van der Waals surface area contributed by atoms with Crippen LogP contribution in [-0.2, 0) is 6.54 Å². The topological polar surface area (TPSA) is 100 Å². The Kier molecular flexibility index (Phi) is 7.03. The molecular formula is C32H29ClN8O. The van der Waals surface area contributed by atoms with Crippen LogP contribution in [0.5, 0.6) is 0 Å². The lowest BCUT2D eigenvalue weighted by molar-refractivity contribution is 0.190. The predicted octanol–water partition coefficient (Wildman–Crippen LogP) is 6.49. The van der Waals surface area contributed by atoms with Crippen molar-refractivity contribution in [2.75, 3.05) is 23.7 Å². The van der Waals surface area contributed by atoms with Crippen LogP contribution in [0.1, 0.15) is 18.4 Å². The molecule has 2 aromatic heterocycles. The van der Waals surface area contributed by atoms with E-state index in [9.17, 15) is 4.79 Å². The molecule has 1 saturated heterocycles. The highest BCUT2D eigenvalue weighted by Crippen LogP contribution is 2.39. The van der Waals surface area contributed by atoms with Gasteiger partial charge in [0.1, 0.15) is 0 Å². The summed E-state index contributed by atoms with van der Waals surface area (Å²) in [5.41, 5.74) is 5.78. The number of carbonyl (C=O) groups excluding carboxylic acids is 1. The Morgan fingerprint density at radius 3 is 2.48 bits per heavy atom. The predicted molar refractivity (Wildman–Crippen MR) is 165 cm³/mol.